The Morgan fingerprint density at radius 1 is 1.06 bits per heavy atom. The van der Waals surface area contributed by atoms with E-state index in [1.807, 2.05) is 82.3 Å². The number of hydrogen-bond donors (Lipinski definition) is 2. The van der Waals surface area contributed by atoms with Gasteiger partial charge in [-0.25, -0.2) is 0 Å². The van der Waals surface area contributed by atoms with Crippen molar-refractivity contribution in [2.45, 2.75) is 62.9 Å². The van der Waals surface area contributed by atoms with E-state index in [9.17, 15) is 14.4 Å². The fraction of sp³-hybridized carbons (Fsp3) is 0.423. The summed E-state index contributed by atoms with van der Waals surface area (Å²) in [6.45, 7) is 8.42. The van der Waals surface area contributed by atoms with Gasteiger partial charge in [0.1, 0.15) is 17.5 Å². The molecule has 2 aromatic rings. The zero-order chi connectivity index (χ0) is 23.8. The second-order valence-corrected chi connectivity index (χ2v) is 11.4. The van der Waals surface area contributed by atoms with Crippen molar-refractivity contribution in [3.8, 4) is 0 Å². The number of benzene rings is 2. The lowest BCUT2D eigenvalue weighted by Crippen LogP contribution is -2.57. The minimum absolute atomic E-state index is 0.122. The summed E-state index contributed by atoms with van der Waals surface area (Å²) >= 11 is 1.62. The Kier molecular flexibility index (Phi) is 6.52. The number of rotatable bonds is 7. The van der Waals surface area contributed by atoms with E-state index in [1.165, 1.54) is 0 Å². The minimum Gasteiger partial charge on any atom is -0.350 e. The monoisotopic (exact) mass is 465 g/mol. The van der Waals surface area contributed by atoms with Crippen molar-refractivity contribution in [1.29, 1.82) is 0 Å². The molecule has 0 aromatic heterocycles. The van der Waals surface area contributed by atoms with Crippen LogP contribution in [-0.4, -0.2) is 39.5 Å². The molecule has 4 rings (SSSR count). The average Bonchev–Trinajstić information content (AvgIpc) is 3.21. The van der Waals surface area contributed by atoms with E-state index >= 15 is 0 Å². The van der Waals surface area contributed by atoms with Crippen molar-refractivity contribution < 1.29 is 14.4 Å². The third-order valence-electron chi connectivity index (χ3n) is 6.19. The summed E-state index contributed by atoms with van der Waals surface area (Å²) in [4.78, 5) is 41.5. The predicted molar refractivity (Wildman–Crippen MR) is 130 cm³/mol. The highest BCUT2D eigenvalue weighted by Crippen LogP contribution is 2.56. The van der Waals surface area contributed by atoms with Gasteiger partial charge in [-0.15, -0.1) is 11.8 Å². The first kappa shape index (κ1) is 23.4. The van der Waals surface area contributed by atoms with E-state index in [-0.39, 0.29) is 29.0 Å². The molecule has 2 aliphatic rings. The highest BCUT2D eigenvalue weighted by Gasteiger charge is 2.57. The molecular weight excluding hydrogens is 434 g/mol. The minimum atomic E-state index is -0.666. The first-order valence-electron chi connectivity index (χ1n) is 11.4. The third kappa shape index (κ3) is 4.64. The maximum Gasteiger partial charge on any atom is 0.256 e. The number of thioether (sulfide) groups is 1. The van der Waals surface area contributed by atoms with Crippen molar-refractivity contribution in [2.75, 3.05) is 0 Å². The number of nitrogens with zero attached hydrogens (tertiary/aromatic N) is 1. The van der Waals surface area contributed by atoms with E-state index in [4.69, 9.17) is 0 Å². The molecular formula is C26H31N3O3S. The predicted octanol–water partition coefficient (Wildman–Crippen LogP) is 3.88. The molecule has 1 saturated heterocycles. The van der Waals surface area contributed by atoms with Crippen LogP contribution in [-0.2, 0) is 16.1 Å². The molecule has 0 bridgehead atoms. The van der Waals surface area contributed by atoms with Crippen molar-refractivity contribution >= 4 is 29.5 Å². The van der Waals surface area contributed by atoms with E-state index in [0.717, 1.165) is 11.1 Å². The number of hydrogen-bond acceptors (Lipinski definition) is 4. The summed E-state index contributed by atoms with van der Waals surface area (Å²) in [7, 11) is 0. The van der Waals surface area contributed by atoms with Gasteiger partial charge in [0.05, 0.1) is 0 Å². The van der Waals surface area contributed by atoms with Gasteiger partial charge in [0.2, 0.25) is 11.8 Å². The van der Waals surface area contributed by atoms with Crippen LogP contribution in [0.2, 0.25) is 0 Å². The molecule has 33 heavy (non-hydrogen) atoms. The molecule has 2 heterocycles. The van der Waals surface area contributed by atoms with Crippen LogP contribution in [0, 0.1) is 5.92 Å². The van der Waals surface area contributed by atoms with Crippen LogP contribution in [0.3, 0.4) is 0 Å². The molecule has 2 N–H and O–H groups in total. The molecule has 0 spiro atoms. The van der Waals surface area contributed by atoms with Gasteiger partial charge in [0, 0.05) is 16.9 Å². The van der Waals surface area contributed by atoms with Crippen LogP contribution in [0.1, 0.15) is 61.0 Å². The van der Waals surface area contributed by atoms with Crippen molar-refractivity contribution in [3.05, 3.63) is 71.3 Å². The normalized spacial score (nSPS) is 21.5. The van der Waals surface area contributed by atoms with Crippen LogP contribution < -0.4 is 10.6 Å². The third-order valence-corrected chi connectivity index (χ3v) is 7.73. The molecule has 6 nitrogen and oxygen atoms in total. The summed E-state index contributed by atoms with van der Waals surface area (Å²) in [6, 6.07) is 15.9. The summed E-state index contributed by atoms with van der Waals surface area (Å²) in [5.74, 6) is -0.398. The Hall–Kier alpha value is -2.80. The Balaban J connectivity index is 1.51. The van der Waals surface area contributed by atoms with Crippen LogP contribution >= 0.6 is 11.8 Å². The lowest BCUT2D eigenvalue weighted by atomic mass is 9.98. The molecule has 3 atom stereocenters. The maximum atomic E-state index is 13.6. The summed E-state index contributed by atoms with van der Waals surface area (Å²) in [6.07, 6.45) is 0.518. The van der Waals surface area contributed by atoms with E-state index in [1.54, 1.807) is 16.7 Å². The van der Waals surface area contributed by atoms with Gasteiger partial charge in [-0.1, -0.05) is 62.4 Å². The summed E-state index contributed by atoms with van der Waals surface area (Å²) in [5.41, 5.74) is 2.61. The Bertz CT molecular complexity index is 1050. The van der Waals surface area contributed by atoms with Gasteiger partial charge < -0.3 is 15.5 Å². The van der Waals surface area contributed by atoms with Gasteiger partial charge in [0.15, 0.2) is 0 Å². The van der Waals surface area contributed by atoms with E-state index in [0.29, 0.717) is 18.5 Å². The number of nitrogens with one attached hydrogen (secondary N) is 2. The zero-order valence-electron chi connectivity index (χ0n) is 19.5. The SMILES string of the molecule is CC(C)CC(NC(=O)C1N2C(=O)c3ccccc3C2SC1(C)C)C(=O)NCc1ccccc1. The topological polar surface area (TPSA) is 78.5 Å². The van der Waals surface area contributed by atoms with Gasteiger partial charge in [-0.3, -0.25) is 14.4 Å². The largest absolute Gasteiger partial charge is 0.350 e. The first-order valence-corrected chi connectivity index (χ1v) is 12.3. The fourth-order valence-electron chi connectivity index (χ4n) is 4.67. The number of amides is 3. The summed E-state index contributed by atoms with van der Waals surface area (Å²) < 4.78 is -0.485. The maximum absolute atomic E-state index is 13.6. The van der Waals surface area contributed by atoms with Crippen molar-refractivity contribution in [2.24, 2.45) is 5.92 Å². The Labute approximate surface area is 199 Å². The molecule has 174 valence electrons. The summed E-state index contributed by atoms with van der Waals surface area (Å²) in [5, 5.41) is 5.75. The quantitative estimate of drug-likeness (QED) is 0.651. The zero-order valence-corrected chi connectivity index (χ0v) is 20.3. The van der Waals surface area contributed by atoms with Gasteiger partial charge in [-0.2, -0.15) is 0 Å². The van der Waals surface area contributed by atoms with Gasteiger partial charge in [0.25, 0.3) is 5.91 Å². The number of fused-ring (bicyclic) bond motifs is 3. The second kappa shape index (κ2) is 9.21. The lowest BCUT2D eigenvalue weighted by Gasteiger charge is -2.31. The lowest BCUT2D eigenvalue weighted by molar-refractivity contribution is -0.132. The van der Waals surface area contributed by atoms with Crippen LogP contribution in [0.25, 0.3) is 0 Å². The van der Waals surface area contributed by atoms with Crippen molar-refractivity contribution in [3.63, 3.8) is 0 Å². The standard InChI is InChI=1S/C26H31N3O3S/c1-16(2)14-20(22(30)27-15-17-10-6-5-7-11-17)28-23(31)21-26(3,4)33-25-19-13-9-8-12-18(19)24(32)29(21)25/h5-13,16,20-21,25H,14-15H2,1-4H3,(H,27,30)(H,28,31). The molecule has 0 aliphatic carbocycles. The van der Waals surface area contributed by atoms with Crippen LogP contribution in [0.4, 0.5) is 0 Å². The van der Waals surface area contributed by atoms with Crippen LogP contribution in [0.5, 0.6) is 0 Å². The van der Waals surface area contributed by atoms with Crippen LogP contribution in [0.15, 0.2) is 54.6 Å². The molecule has 2 aliphatic heterocycles. The fourth-order valence-corrected chi connectivity index (χ4v) is 6.25. The number of carbonyl (C=O) groups is 3. The molecule has 2 aromatic carbocycles. The van der Waals surface area contributed by atoms with E-state index in [2.05, 4.69) is 10.6 Å². The van der Waals surface area contributed by atoms with Gasteiger partial charge >= 0.3 is 0 Å². The van der Waals surface area contributed by atoms with E-state index < -0.39 is 16.8 Å². The smallest absolute Gasteiger partial charge is 0.256 e. The number of carbonyl (C=O) groups excluding carboxylic acids is 3. The Morgan fingerprint density at radius 2 is 1.73 bits per heavy atom. The van der Waals surface area contributed by atoms with Gasteiger partial charge in [-0.05, 0) is 43.4 Å². The van der Waals surface area contributed by atoms with Crippen molar-refractivity contribution in [1.82, 2.24) is 15.5 Å². The molecule has 3 unspecified atom stereocenters. The second-order valence-electron chi connectivity index (χ2n) is 9.67. The average molecular weight is 466 g/mol. The first-order chi connectivity index (χ1) is 15.7. The molecule has 1 fully saturated rings. The molecule has 7 heteroatoms. The Morgan fingerprint density at radius 3 is 2.42 bits per heavy atom. The molecule has 0 saturated carbocycles. The highest BCUT2D eigenvalue weighted by atomic mass is 32.2. The highest BCUT2D eigenvalue weighted by molar-refractivity contribution is 8.01. The molecule has 0 radical (unpaired) electrons. The molecule has 3 amide bonds.